The van der Waals surface area contributed by atoms with Gasteiger partial charge in [0, 0.05) is 45.3 Å². The van der Waals surface area contributed by atoms with Crippen molar-refractivity contribution in [1.29, 1.82) is 0 Å². The molecule has 2 N–H and O–H groups in total. The lowest BCUT2D eigenvalue weighted by molar-refractivity contribution is -0.131. The first-order chi connectivity index (χ1) is 9.22. The van der Waals surface area contributed by atoms with Crippen LogP contribution in [0.3, 0.4) is 0 Å². The van der Waals surface area contributed by atoms with E-state index in [1.807, 2.05) is 24.1 Å². The molecule has 0 radical (unpaired) electrons. The molecule has 1 aromatic rings. The van der Waals surface area contributed by atoms with E-state index in [2.05, 4.69) is 15.1 Å². The van der Waals surface area contributed by atoms with Crippen molar-refractivity contribution in [3.63, 3.8) is 0 Å². The molecule has 1 amide bonds. The minimum atomic E-state index is 0. The highest BCUT2D eigenvalue weighted by atomic mass is 35.5. The molecule has 6 nitrogen and oxygen atoms in total. The summed E-state index contributed by atoms with van der Waals surface area (Å²) in [4.78, 5) is 15.9. The lowest BCUT2D eigenvalue weighted by atomic mass is 10.0. The van der Waals surface area contributed by atoms with Crippen LogP contribution in [0.2, 0.25) is 0 Å². The van der Waals surface area contributed by atoms with E-state index in [4.69, 9.17) is 5.73 Å². The molecule has 1 aliphatic heterocycles. The van der Waals surface area contributed by atoms with Crippen molar-refractivity contribution in [2.24, 2.45) is 5.73 Å². The Hall–Kier alpha value is -1.11. The van der Waals surface area contributed by atoms with Gasteiger partial charge in [-0.3, -0.25) is 4.79 Å². The highest BCUT2D eigenvalue weighted by Gasteiger charge is 2.26. The summed E-state index contributed by atoms with van der Waals surface area (Å²) in [5, 5.41) is 8.04. The molecule has 1 saturated heterocycles. The molecule has 2 rings (SSSR count). The Morgan fingerprint density at radius 2 is 2.29 bits per heavy atom. The number of carbonyl (C=O) groups is 1. The molecule has 0 saturated carbocycles. The number of hydrogen-bond donors (Lipinski definition) is 1. The van der Waals surface area contributed by atoms with Gasteiger partial charge < -0.3 is 15.5 Å². The van der Waals surface area contributed by atoms with Crippen LogP contribution in [0, 0.1) is 0 Å². The van der Waals surface area contributed by atoms with E-state index in [-0.39, 0.29) is 36.8 Å². The van der Waals surface area contributed by atoms with Gasteiger partial charge >= 0.3 is 0 Å². The largest absolute Gasteiger partial charge is 0.353 e. The minimum Gasteiger partial charge on any atom is -0.353 e. The molecular weight excluding hydrogens is 313 g/mol. The van der Waals surface area contributed by atoms with E-state index in [1.54, 1.807) is 6.20 Å². The van der Waals surface area contributed by atoms with Gasteiger partial charge in [0.05, 0.1) is 0 Å². The molecule has 0 bridgehead atoms. The summed E-state index contributed by atoms with van der Waals surface area (Å²) in [6.45, 7) is 2.18. The number of nitrogens with two attached hydrogens (primary N) is 1. The quantitative estimate of drug-likeness (QED) is 0.891. The molecule has 0 aromatic carbocycles. The van der Waals surface area contributed by atoms with Crippen LogP contribution in [0.4, 0.5) is 5.82 Å². The van der Waals surface area contributed by atoms with Gasteiger partial charge in [0.15, 0.2) is 5.82 Å². The van der Waals surface area contributed by atoms with Gasteiger partial charge in [0.2, 0.25) is 5.91 Å². The number of rotatable bonds is 4. The average Bonchev–Trinajstić information content (AvgIpc) is 2.48. The molecule has 1 aromatic heterocycles. The molecule has 1 atom stereocenters. The number of carbonyl (C=O) groups excluding carboxylic acids is 1. The number of piperidine rings is 1. The molecule has 1 unspecified atom stereocenters. The van der Waals surface area contributed by atoms with Gasteiger partial charge in [-0.1, -0.05) is 0 Å². The zero-order valence-electron chi connectivity index (χ0n) is 12.1. The van der Waals surface area contributed by atoms with Crippen molar-refractivity contribution in [1.82, 2.24) is 15.1 Å². The van der Waals surface area contributed by atoms with Crippen LogP contribution in [0.25, 0.3) is 0 Å². The summed E-state index contributed by atoms with van der Waals surface area (Å²) in [6.07, 6.45) is 4.17. The maximum Gasteiger partial charge on any atom is 0.223 e. The van der Waals surface area contributed by atoms with Crippen molar-refractivity contribution in [3.05, 3.63) is 18.3 Å². The van der Waals surface area contributed by atoms with Gasteiger partial charge in [-0.2, -0.15) is 5.10 Å². The molecule has 120 valence electrons. The molecule has 21 heavy (non-hydrogen) atoms. The van der Waals surface area contributed by atoms with E-state index >= 15 is 0 Å². The summed E-state index contributed by atoms with van der Waals surface area (Å²) in [7, 11) is 1.86. The van der Waals surface area contributed by atoms with Crippen LogP contribution in [-0.4, -0.2) is 53.7 Å². The molecular formula is C13H23Cl2N5O. The number of amides is 1. The Labute approximate surface area is 137 Å². The van der Waals surface area contributed by atoms with Gasteiger partial charge in [-0.05, 0) is 25.0 Å². The second kappa shape index (κ2) is 9.76. The summed E-state index contributed by atoms with van der Waals surface area (Å²) in [5.41, 5.74) is 5.44. The predicted octanol–water partition coefficient (Wildman–Crippen LogP) is 1.10. The maximum atomic E-state index is 11.9. The van der Waals surface area contributed by atoms with Gasteiger partial charge in [-0.25, -0.2) is 0 Å². The molecule has 2 heterocycles. The number of anilines is 1. The molecule has 8 heteroatoms. The fourth-order valence-electron chi connectivity index (χ4n) is 2.44. The van der Waals surface area contributed by atoms with Crippen LogP contribution < -0.4 is 10.6 Å². The molecule has 0 aliphatic carbocycles. The highest BCUT2D eigenvalue weighted by molar-refractivity contribution is 5.85. The molecule has 1 fully saturated rings. The van der Waals surface area contributed by atoms with Crippen molar-refractivity contribution < 1.29 is 4.79 Å². The first kappa shape index (κ1) is 19.9. The van der Waals surface area contributed by atoms with E-state index in [9.17, 15) is 4.79 Å². The topological polar surface area (TPSA) is 75.3 Å². The second-order valence-corrected chi connectivity index (χ2v) is 4.87. The van der Waals surface area contributed by atoms with Crippen LogP contribution in [0.1, 0.15) is 19.3 Å². The van der Waals surface area contributed by atoms with Crippen LogP contribution in [0.5, 0.6) is 0 Å². The zero-order valence-corrected chi connectivity index (χ0v) is 13.8. The second-order valence-electron chi connectivity index (χ2n) is 4.87. The van der Waals surface area contributed by atoms with E-state index < -0.39 is 0 Å². The van der Waals surface area contributed by atoms with Crippen LogP contribution in [-0.2, 0) is 4.79 Å². The summed E-state index contributed by atoms with van der Waals surface area (Å²) in [5.74, 6) is 1.00. The Morgan fingerprint density at radius 3 is 2.90 bits per heavy atom. The van der Waals surface area contributed by atoms with Crippen molar-refractivity contribution in [3.8, 4) is 0 Å². The third kappa shape index (κ3) is 5.30. The summed E-state index contributed by atoms with van der Waals surface area (Å²) < 4.78 is 0. The average molecular weight is 336 g/mol. The third-order valence-electron chi connectivity index (χ3n) is 3.58. The lowest BCUT2D eigenvalue weighted by Gasteiger charge is -2.38. The smallest absolute Gasteiger partial charge is 0.223 e. The monoisotopic (exact) mass is 335 g/mol. The van der Waals surface area contributed by atoms with Crippen molar-refractivity contribution in [2.75, 3.05) is 31.6 Å². The van der Waals surface area contributed by atoms with Gasteiger partial charge in [0.25, 0.3) is 0 Å². The first-order valence-corrected chi connectivity index (χ1v) is 6.70. The molecule has 0 spiro atoms. The Kier molecular flexibility index (Phi) is 9.24. The molecule has 1 aliphatic rings. The number of nitrogens with zero attached hydrogens (tertiary/aromatic N) is 4. The summed E-state index contributed by atoms with van der Waals surface area (Å²) in [6, 6.07) is 4.07. The maximum absolute atomic E-state index is 11.9. The van der Waals surface area contributed by atoms with Gasteiger partial charge in [0.1, 0.15) is 0 Å². The normalized spacial score (nSPS) is 17.4. The van der Waals surface area contributed by atoms with Crippen molar-refractivity contribution in [2.45, 2.75) is 25.3 Å². The standard InChI is InChI=1S/C13H21N5O.2ClH/c1-17(13(19)6-7-14)11-4-3-9-18(10-11)12-5-2-8-15-16-12;;/h2,5,8,11H,3-4,6-7,9-10,14H2,1H3;2*1H. The summed E-state index contributed by atoms with van der Waals surface area (Å²) >= 11 is 0. The number of hydrogen-bond acceptors (Lipinski definition) is 5. The van der Waals surface area contributed by atoms with Gasteiger partial charge in [-0.15, -0.1) is 29.9 Å². The third-order valence-corrected chi connectivity index (χ3v) is 3.58. The number of likely N-dealkylation sites (N-methyl/N-ethyl adjacent to an activating group) is 1. The first-order valence-electron chi connectivity index (χ1n) is 6.70. The number of halogens is 2. The fraction of sp³-hybridized carbons (Fsp3) is 0.615. The number of aromatic nitrogens is 2. The predicted molar refractivity (Wildman–Crippen MR) is 88.2 cm³/mol. The minimum absolute atomic E-state index is 0. The highest BCUT2D eigenvalue weighted by Crippen LogP contribution is 2.19. The SMILES string of the molecule is CN(C(=O)CCN)C1CCCN(c2cccnn2)C1.Cl.Cl. The van der Waals surface area contributed by atoms with E-state index in [1.165, 1.54) is 0 Å². The van der Waals surface area contributed by atoms with E-state index in [0.29, 0.717) is 13.0 Å². The Balaban J connectivity index is 0.00000200. The Bertz CT molecular complexity index is 420. The van der Waals surface area contributed by atoms with Crippen molar-refractivity contribution >= 4 is 36.5 Å². The Morgan fingerprint density at radius 1 is 1.52 bits per heavy atom. The van der Waals surface area contributed by atoms with Crippen LogP contribution in [0.15, 0.2) is 18.3 Å². The van der Waals surface area contributed by atoms with E-state index in [0.717, 1.165) is 31.7 Å². The zero-order chi connectivity index (χ0) is 13.7. The van der Waals surface area contributed by atoms with Crippen LogP contribution >= 0.6 is 24.8 Å². The fourth-order valence-corrected chi connectivity index (χ4v) is 2.44. The lowest BCUT2D eigenvalue weighted by Crippen LogP contribution is -2.49.